The zero-order chi connectivity index (χ0) is 17.4. The number of pyridine rings is 1. The van der Waals surface area contributed by atoms with E-state index in [2.05, 4.69) is 4.98 Å². The van der Waals surface area contributed by atoms with Crippen LogP contribution in [0.1, 0.15) is 43.6 Å². The summed E-state index contributed by atoms with van der Waals surface area (Å²) in [4.78, 5) is 15.3. The van der Waals surface area contributed by atoms with Gasteiger partial charge in [-0.2, -0.15) is 0 Å². The molecular weight excluding hydrogens is 318 g/mol. The Hall–Kier alpha value is -1.41. The molecule has 1 aromatic heterocycles. The highest BCUT2D eigenvalue weighted by Crippen LogP contribution is 2.38. The number of carboxylic acid groups (broad SMARTS) is 1. The van der Waals surface area contributed by atoms with Crippen molar-refractivity contribution in [3.05, 3.63) is 34.0 Å². The van der Waals surface area contributed by atoms with E-state index >= 15 is 0 Å². The van der Waals surface area contributed by atoms with Crippen LogP contribution in [0, 0.1) is 0 Å². The number of aromatic carboxylic acids is 1. The third kappa shape index (κ3) is 3.58. The first kappa shape index (κ1) is 17.9. The van der Waals surface area contributed by atoms with E-state index < -0.39 is 24.3 Å². The molecule has 1 aromatic rings. The molecule has 3 N–H and O–H groups in total. The molecule has 0 bridgehead atoms. The number of carboxylic acids is 1. The van der Waals surface area contributed by atoms with Gasteiger partial charge in [0.05, 0.1) is 16.8 Å². The van der Waals surface area contributed by atoms with Crippen LogP contribution >= 0.6 is 11.6 Å². The van der Waals surface area contributed by atoms with Crippen molar-refractivity contribution in [2.75, 3.05) is 6.54 Å². The van der Waals surface area contributed by atoms with Crippen molar-refractivity contribution in [1.29, 1.82) is 0 Å². The fourth-order valence-corrected chi connectivity index (χ4v) is 2.32. The van der Waals surface area contributed by atoms with Gasteiger partial charge < -0.3 is 20.1 Å². The molecule has 1 aliphatic rings. The van der Waals surface area contributed by atoms with Crippen LogP contribution in [-0.4, -0.2) is 40.9 Å². The minimum absolute atomic E-state index is 0.0486. The third-order valence-electron chi connectivity index (χ3n) is 4.26. The second-order valence-corrected chi connectivity index (χ2v) is 6.80. The Morgan fingerprint density at radius 2 is 1.96 bits per heavy atom. The fourth-order valence-electron chi connectivity index (χ4n) is 2.16. The Bertz CT molecular complexity index is 645. The number of carbonyl (C=O) groups is 1. The molecule has 0 amide bonds. The van der Waals surface area contributed by atoms with E-state index in [0.717, 1.165) is 0 Å². The SMILES string of the molecule is CC1(C)OB(C(=Cc2cnc(Cl)cc2C(=O)O)CN)OC1(C)C. The largest absolute Gasteiger partial charge is 0.491 e. The van der Waals surface area contributed by atoms with Crippen molar-refractivity contribution in [3.63, 3.8) is 0 Å². The van der Waals surface area contributed by atoms with Crippen LogP contribution in [0.15, 0.2) is 17.7 Å². The number of nitrogens with zero attached hydrogens (tertiary/aromatic N) is 1. The standard InChI is InChI=1S/C15H20BClN2O4/c1-14(2)15(3,4)23-16(22-14)10(7-18)5-9-8-19-12(17)6-11(9)13(20)21/h5-6,8H,7,18H2,1-4H3,(H,20,21). The Balaban J connectivity index is 2.40. The molecular formula is C15H20BClN2O4. The number of nitrogens with two attached hydrogens (primary N) is 1. The van der Waals surface area contributed by atoms with Gasteiger partial charge in [0.1, 0.15) is 5.15 Å². The lowest BCUT2D eigenvalue weighted by atomic mass is 9.77. The third-order valence-corrected chi connectivity index (χ3v) is 4.47. The van der Waals surface area contributed by atoms with Crippen molar-refractivity contribution in [2.45, 2.75) is 38.9 Å². The van der Waals surface area contributed by atoms with Crippen molar-refractivity contribution < 1.29 is 19.2 Å². The first-order valence-electron chi connectivity index (χ1n) is 7.22. The molecule has 124 valence electrons. The van der Waals surface area contributed by atoms with Crippen LogP contribution < -0.4 is 5.73 Å². The Kier molecular flexibility index (Phi) is 4.87. The Morgan fingerprint density at radius 3 is 2.43 bits per heavy atom. The van der Waals surface area contributed by atoms with E-state index in [1.807, 2.05) is 27.7 Å². The van der Waals surface area contributed by atoms with Crippen molar-refractivity contribution in [1.82, 2.24) is 4.98 Å². The van der Waals surface area contributed by atoms with E-state index in [9.17, 15) is 9.90 Å². The van der Waals surface area contributed by atoms with Crippen molar-refractivity contribution >= 4 is 30.8 Å². The second kappa shape index (κ2) is 6.24. The quantitative estimate of drug-likeness (QED) is 0.646. The number of hydrogen-bond acceptors (Lipinski definition) is 5. The lowest BCUT2D eigenvalue weighted by Gasteiger charge is -2.32. The molecule has 0 saturated carbocycles. The normalized spacial score (nSPS) is 19.9. The van der Waals surface area contributed by atoms with Gasteiger partial charge in [0.2, 0.25) is 0 Å². The van der Waals surface area contributed by atoms with E-state index in [1.165, 1.54) is 12.3 Å². The minimum atomic E-state index is -1.09. The molecule has 0 aliphatic carbocycles. The van der Waals surface area contributed by atoms with Gasteiger partial charge in [-0.25, -0.2) is 9.78 Å². The molecule has 8 heteroatoms. The van der Waals surface area contributed by atoms with Gasteiger partial charge in [-0.05, 0) is 39.2 Å². The summed E-state index contributed by atoms with van der Waals surface area (Å²) in [6.07, 6.45) is 3.03. The molecule has 0 radical (unpaired) electrons. The maximum absolute atomic E-state index is 11.4. The molecule has 2 heterocycles. The first-order chi connectivity index (χ1) is 10.6. The van der Waals surface area contributed by atoms with E-state index in [0.29, 0.717) is 11.0 Å². The predicted molar refractivity (Wildman–Crippen MR) is 89.3 cm³/mol. The summed E-state index contributed by atoms with van der Waals surface area (Å²) in [5.74, 6) is -1.09. The fraction of sp³-hybridized carbons (Fsp3) is 0.467. The first-order valence-corrected chi connectivity index (χ1v) is 7.60. The van der Waals surface area contributed by atoms with Gasteiger partial charge >= 0.3 is 13.1 Å². The van der Waals surface area contributed by atoms with Gasteiger partial charge in [0, 0.05) is 18.3 Å². The van der Waals surface area contributed by atoms with Gasteiger partial charge in [-0.3, -0.25) is 0 Å². The maximum Gasteiger partial charge on any atom is 0.491 e. The van der Waals surface area contributed by atoms with Gasteiger partial charge in [-0.1, -0.05) is 17.7 Å². The Morgan fingerprint density at radius 1 is 1.39 bits per heavy atom. The van der Waals surface area contributed by atoms with Crippen LogP contribution in [0.5, 0.6) is 0 Å². The van der Waals surface area contributed by atoms with Crippen LogP contribution in [-0.2, 0) is 9.31 Å². The van der Waals surface area contributed by atoms with E-state index in [-0.39, 0.29) is 17.3 Å². The van der Waals surface area contributed by atoms with Crippen LogP contribution in [0.4, 0.5) is 0 Å². The lowest BCUT2D eigenvalue weighted by Crippen LogP contribution is -2.41. The summed E-state index contributed by atoms with van der Waals surface area (Å²) in [5, 5.41) is 9.41. The van der Waals surface area contributed by atoms with Crippen molar-refractivity contribution in [3.8, 4) is 0 Å². The smallest absolute Gasteiger partial charge is 0.478 e. The highest BCUT2D eigenvalue weighted by Gasteiger charge is 2.52. The molecule has 0 unspecified atom stereocenters. The lowest BCUT2D eigenvalue weighted by molar-refractivity contribution is 0.00578. The molecule has 0 atom stereocenters. The summed E-state index contributed by atoms with van der Waals surface area (Å²) in [5.41, 5.74) is 5.89. The molecule has 0 spiro atoms. The molecule has 23 heavy (non-hydrogen) atoms. The summed E-state index contributed by atoms with van der Waals surface area (Å²) in [6.45, 7) is 7.92. The predicted octanol–water partition coefficient (Wildman–Crippen LogP) is 2.41. The summed E-state index contributed by atoms with van der Waals surface area (Å²) < 4.78 is 11.9. The molecule has 1 saturated heterocycles. The van der Waals surface area contributed by atoms with Crippen molar-refractivity contribution in [2.24, 2.45) is 5.73 Å². The zero-order valence-corrected chi connectivity index (χ0v) is 14.3. The van der Waals surface area contributed by atoms with E-state index in [1.54, 1.807) is 6.08 Å². The monoisotopic (exact) mass is 338 g/mol. The van der Waals surface area contributed by atoms with Crippen LogP contribution in [0.25, 0.3) is 6.08 Å². The number of rotatable bonds is 4. The van der Waals surface area contributed by atoms with Crippen LogP contribution in [0.3, 0.4) is 0 Å². The zero-order valence-electron chi connectivity index (χ0n) is 13.6. The Labute approximate surface area is 140 Å². The van der Waals surface area contributed by atoms with Crippen LogP contribution in [0.2, 0.25) is 5.15 Å². The van der Waals surface area contributed by atoms with Gasteiger partial charge in [0.25, 0.3) is 0 Å². The summed E-state index contributed by atoms with van der Waals surface area (Å²) in [7, 11) is -0.637. The number of halogens is 1. The molecule has 0 aromatic carbocycles. The van der Waals surface area contributed by atoms with Gasteiger partial charge in [-0.15, -0.1) is 0 Å². The highest BCUT2D eigenvalue weighted by molar-refractivity contribution is 6.56. The molecule has 1 fully saturated rings. The summed E-state index contributed by atoms with van der Waals surface area (Å²) >= 11 is 5.76. The average molecular weight is 339 g/mol. The van der Waals surface area contributed by atoms with Gasteiger partial charge in [0.15, 0.2) is 0 Å². The minimum Gasteiger partial charge on any atom is -0.478 e. The molecule has 2 rings (SSSR count). The topological polar surface area (TPSA) is 94.7 Å². The second-order valence-electron chi connectivity index (χ2n) is 6.41. The average Bonchev–Trinajstić information content (AvgIpc) is 2.65. The van der Waals surface area contributed by atoms with E-state index in [4.69, 9.17) is 26.6 Å². The molecule has 1 aliphatic heterocycles. The number of hydrogen-bond donors (Lipinski definition) is 2. The highest BCUT2D eigenvalue weighted by atomic mass is 35.5. The summed E-state index contributed by atoms with van der Waals surface area (Å²) in [6, 6.07) is 1.30. The molecule has 6 nitrogen and oxygen atoms in total. The maximum atomic E-state index is 11.4. The number of aromatic nitrogens is 1.